The molecule has 0 radical (unpaired) electrons. The van der Waals surface area contributed by atoms with Crippen molar-refractivity contribution < 1.29 is 9.63 Å². The molecule has 5 heteroatoms. The fourth-order valence-electron chi connectivity index (χ4n) is 1.99. The van der Waals surface area contributed by atoms with Gasteiger partial charge in [-0.15, -0.1) is 0 Å². The van der Waals surface area contributed by atoms with E-state index in [0.29, 0.717) is 13.2 Å². The maximum absolute atomic E-state index is 12.1. The van der Waals surface area contributed by atoms with E-state index in [1.807, 2.05) is 37.2 Å². The Bertz CT molecular complexity index is 384. The number of hydrogen-bond donors (Lipinski definition) is 1. The van der Waals surface area contributed by atoms with E-state index in [1.165, 1.54) is 0 Å². The Hall–Kier alpha value is -1.46. The highest BCUT2D eigenvalue weighted by Crippen LogP contribution is 2.08. The summed E-state index contributed by atoms with van der Waals surface area (Å²) in [5, 5.41) is 0. The molecule has 1 aromatic rings. The molecule has 1 amide bonds. The van der Waals surface area contributed by atoms with Crippen LogP contribution < -0.4 is 5.48 Å². The number of carbonyl (C=O) groups excluding carboxylic acids is 1. The van der Waals surface area contributed by atoms with Crippen LogP contribution in [0.15, 0.2) is 24.5 Å². The third-order valence-corrected chi connectivity index (χ3v) is 3.15. The van der Waals surface area contributed by atoms with E-state index in [1.54, 1.807) is 6.20 Å². The van der Waals surface area contributed by atoms with E-state index < -0.39 is 0 Å². The average molecular weight is 279 g/mol. The van der Waals surface area contributed by atoms with Gasteiger partial charge in [-0.25, -0.2) is 5.48 Å². The molecular weight excluding hydrogens is 254 g/mol. The Kier molecular flexibility index (Phi) is 7.84. The molecule has 20 heavy (non-hydrogen) atoms. The molecule has 1 heterocycles. The van der Waals surface area contributed by atoms with Crippen LogP contribution in [0.1, 0.15) is 38.7 Å². The molecule has 0 saturated heterocycles. The SMILES string of the molecule is CCCCONC(=O)[C@H](CC)N(C)Cc1cccnc1. The van der Waals surface area contributed by atoms with Gasteiger partial charge in [-0.1, -0.05) is 26.3 Å². The largest absolute Gasteiger partial charge is 0.291 e. The molecule has 0 saturated carbocycles. The fraction of sp³-hybridized carbons (Fsp3) is 0.600. The Morgan fingerprint density at radius 3 is 2.90 bits per heavy atom. The second kappa shape index (κ2) is 9.44. The molecule has 0 spiro atoms. The minimum atomic E-state index is -0.197. The second-order valence-corrected chi connectivity index (χ2v) is 4.87. The van der Waals surface area contributed by atoms with Gasteiger partial charge in [-0.05, 0) is 31.5 Å². The predicted octanol–water partition coefficient (Wildman–Crippen LogP) is 2.14. The Labute approximate surface area is 121 Å². The number of hydroxylamine groups is 1. The maximum atomic E-state index is 12.1. The minimum absolute atomic E-state index is 0.0880. The third kappa shape index (κ3) is 5.67. The molecule has 0 aliphatic rings. The number of carbonyl (C=O) groups is 1. The zero-order chi connectivity index (χ0) is 14.8. The number of hydrogen-bond acceptors (Lipinski definition) is 4. The van der Waals surface area contributed by atoms with E-state index in [4.69, 9.17) is 4.84 Å². The first-order chi connectivity index (χ1) is 9.69. The first-order valence-electron chi connectivity index (χ1n) is 7.19. The van der Waals surface area contributed by atoms with Crippen LogP contribution in [0.5, 0.6) is 0 Å². The van der Waals surface area contributed by atoms with Crippen molar-refractivity contribution in [2.24, 2.45) is 0 Å². The molecule has 1 atom stereocenters. The van der Waals surface area contributed by atoms with Crippen molar-refractivity contribution in [2.75, 3.05) is 13.7 Å². The van der Waals surface area contributed by atoms with Crippen LogP contribution in [0.4, 0.5) is 0 Å². The van der Waals surface area contributed by atoms with E-state index in [9.17, 15) is 4.79 Å². The van der Waals surface area contributed by atoms with Crippen molar-refractivity contribution in [3.05, 3.63) is 30.1 Å². The van der Waals surface area contributed by atoms with Gasteiger partial charge in [-0.3, -0.25) is 19.5 Å². The highest BCUT2D eigenvalue weighted by molar-refractivity contribution is 5.80. The Morgan fingerprint density at radius 2 is 2.30 bits per heavy atom. The van der Waals surface area contributed by atoms with Crippen LogP contribution in [-0.2, 0) is 16.2 Å². The van der Waals surface area contributed by atoms with Gasteiger partial charge < -0.3 is 0 Å². The lowest BCUT2D eigenvalue weighted by atomic mass is 10.1. The quantitative estimate of drug-likeness (QED) is 0.556. The highest BCUT2D eigenvalue weighted by Gasteiger charge is 2.21. The summed E-state index contributed by atoms with van der Waals surface area (Å²) in [6, 6.07) is 3.71. The number of rotatable bonds is 9. The number of amides is 1. The molecular formula is C15H25N3O2. The van der Waals surface area contributed by atoms with E-state index >= 15 is 0 Å². The van der Waals surface area contributed by atoms with Gasteiger partial charge in [-0.2, -0.15) is 0 Å². The van der Waals surface area contributed by atoms with E-state index in [2.05, 4.69) is 17.4 Å². The summed E-state index contributed by atoms with van der Waals surface area (Å²) in [7, 11) is 1.94. The lowest BCUT2D eigenvalue weighted by molar-refractivity contribution is -0.139. The summed E-state index contributed by atoms with van der Waals surface area (Å²) in [4.78, 5) is 23.4. The number of likely N-dealkylation sites (N-methyl/N-ethyl adjacent to an activating group) is 1. The molecule has 112 valence electrons. The fourth-order valence-corrected chi connectivity index (χ4v) is 1.99. The highest BCUT2D eigenvalue weighted by atomic mass is 16.6. The smallest absolute Gasteiger partial charge is 0.260 e. The van der Waals surface area contributed by atoms with Gasteiger partial charge in [0.1, 0.15) is 0 Å². The van der Waals surface area contributed by atoms with Crippen LogP contribution in [0.3, 0.4) is 0 Å². The van der Waals surface area contributed by atoms with E-state index in [-0.39, 0.29) is 11.9 Å². The van der Waals surface area contributed by atoms with Gasteiger partial charge in [0.15, 0.2) is 0 Å². The molecule has 0 unspecified atom stereocenters. The lowest BCUT2D eigenvalue weighted by Gasteiger charge is -2.25. The van der Waals surface area contributed by atoms with E-state index in [0.717, 1.165) is 24.8 Å². The molecule has 1 N–H and O–H groups in total. The van der Waals surface area contributed by atoms with Crippen LogP contribution >= 0.6 is 0 Å². The van der Waals surface area contributed by atoms with Crippen LogP contribution in [0, 0.1) is 0 Å². The maximum Gasteiger partial charge on any atom is 0.260 e. The summed E-state index contributed by atoms with van der Waals surface area (Å²) in [6.45, 7) is 5.33. The number of pyridine rings is 1. The molecule has 0 aromatic carbocycles. The molecule has 1 aromatic heterocycles. The van der Waals surface area contributed by atoms with Crippen molar-refractivity contribution in [1.82, 2.24) is 15.4 Å². The zero-order valence-corrected chi connectivity index (χ0v) is 12.6. The topological polar surface area (TPSA) is 54.5 Å². The van der Waals surface area contributed by atoms with Crippen LogP contribution in [0.2, 0.25) is 0 Å². The first kappa shape index (κ1) is 16.6. The molecule has 0 aliphatic carbocycles. The van der Waals surface area contributed by atoms with Gasteiger partial charge in [0.25, 0.3) is 5.91 Å². The number of nitrogens with zero attached hydrogens (tertiary/aromatic N) is 2. The average Bonchev–Trinajstić information content (AvgIpc) is 2.45. The summed E-state index contributed by atoms with van der Waals surface area (Å²) >= 11 is 0. The molecule has 5 nitrogen and oxygen atoms in total. The molecule has 0 fully saturated rings. The van der Waals surface area contributed by atoms with Crippen molar-refractivity contribution in [3.8, 4) is 0 Å². The van der Waals surface area contributed by atoms with Gasteiger partial charge in [0.05, 0.1) is 12.6 Å². The number of aromatic nitrogens is 1. The molecule has 1 rings (SSSR count). The van der Waals surface area contributed by atoms with Gasteiger partial charge >= 0.3 is 0 Å². The third-order valence-electron chi connectivity index (χ3n) is 3.15. The summed E-state index contributed by atoms with van der Waals surface area (Å²) < 4.78 is 0. The van der Waals surface area contributed by atoms with Crippen molar-refractivity contribution in [2.45, 2.75) is 45.7 Å². The van der Waals surface area contributed by atoms with Crippen molar-refractivity contribution in [3.63, 3.8) is 0 Å². The van der Waals surface area contributed by atoms with Crippen LogP contribution in [0.25, 0.3) is 0 Å². The summed E-state index contributed by atoms with van der Waals surface area (Å²) in [6.07, 6.45) is 6.30. The molecule has 0 bridgehead atoms. The second-order valence-electron chi connectivity index (χ2n) is 4.87. The normalized spacial score (nSPS) is 12.4. The van der Waals surface area contributed by atoms with Gasteiger partial charge in [0.2, 0.25) is 0 Å². The van der Waals surface area contributed by atoms with Gasteiger partial charge in [0, 0.05) is 18.9 Å². The Morgan fingerprint density at radius 1 is 1.50 bits per heavy atom. The Balaban J connectivity index is 2.45. The van der Waals surface area contributed by atoms with Crippen molar-refractivity contribution in [1.29, 1.82) is 0 Å². The standard InChI is InChI=1S/C15H25N3O2/c1-4-6-10-20-17-15(19)14(5-2)18(3)12-13-8-7-9-16-11-13/h7-9,11,14H,4-6,10,12H2,1-3H3,(H,17,19)/t14-/m0/s1. The predicted molar refractivity (Wildman–Crippen MR) is 78.8 cm³/mol. The van der Waals surface area contributed by atoms with Crippen LogP contribution in [-0.4, -0.2) is 35.5 Å². The number of unbranched alkanes of at least 4 members (excludes halogenated alkanes) is 1. The first-order valence-corrected chi connectivity index (χ1v) is 7.19. The minimum Gasteiger partial charge on any atom is -0.291 e. The summed E-state index contributed by atoms with van der Waals surface area (Å²) in [5.74, 6) is -0.0880. The molecule has 0 aliphatic heterocycles. The zero-order valence-electron chi connectivity index (χ0n) is 12.6. The van der Waals surface area contributed by atoms with Crippen molar-refractivity contribution >= 4 is 5.91 Å². The lowest BCUT2D eigenvalue weighted by Crippen LogP contribution is -2.44. The number of nitrogens with one attached hydrogen (secondary N) is 1. The monoisotopic (exact) mass is 279 g/mol. The summed E-state index contributed by atoms with van der Waals surface area (Å²) in [5.41, 5.74) is 3.63.